The number of hydrogen-bond donors (Lipinski definition) is 1. The highest BCUT2D eigenvalue weighted by Gasteiger charge is 2.23. The summed E-state index contributed by atoms with van der Waals surface area (Å²) in [6, 6.07) is 1.70. The number of aromatic nitrogens is 1. The molecule has 0 saturated heterocycles. The largest absolute Gasteiger partial charge is 0.384 e. The summed E-state index contributed by atoms with van der Waals surface area (Å²) in [6.07, 6.45) is 5.89. The van der Waals surface area contributed by atoms with Crippen LogP contribution in [-0.2, 0) is 10.0 Å². The SMILES string of the molecule is CCCNc1ccncc1S(=O)(=O)N(C)CCSC. The number of nitrogens with zero attached hydrogens (tertiary/aromatic N) is 2. The van der Waals surface area contributed by atoms with Crippen LogP contribution in [0.4, 0.5) is 5.69 Å². The van der Waals surface area contributed by atoms with Crippen LogP contribution in [0, 0.1) is 0 Å². The van der Waals surface area contributed by atoms with E-state index in [1.165, 1.54) is 10.5 Å². The van der Waals surface area contributed by atoms with E-state index in [1.54, 1.807) is 31.1 Å². The van der Waals surface area contributed by atoms with Gasteiger partial charge in [-0.15, -0.1) is 0 Å². The lowest BCUT2D eigenvalue weighted by Gasteiger charge is -2.19. The second-order valence-corrected chi connectivity index (χ2v) is 7.12. The molecule has 0 bridgehead atoms. The van der Waals surface area contributed by atoms with Crippen LogP contribution in [0.25, 0.3) is 0 Å². The van der Waals surface area contributed by atoms with Crippen LogP contribution < -0.4 is 5.32 Å². The zero-order valence-electron chi connectivity index (χ0n) is 11.6. The second-order valence-electron chi connectivity index (χ2n) is 4.12. The Balaban J connectivity index is 3.00. The Hall–Kier alpha value is -0.790. The molecule has 0 aromatic carbocycles. The van der Waals surface area contributed by atoms with E-state index in [-0.39, 0.29) is 4.90 Å². The van der Waals surface area contributed by atoms with Crippen molar-refractivity contribution >= 4 is 27.5 Å². The molecule has 1 rings (SSSR count). The fourth-order valence-corrected chi connectivity index (χ4v) is 3.35. The molecule has 0 radical (unpaired) electrons. The van der Waals surface area contributed by atoms with Gasteiger partial charge < -0.3 is 5.32 Å². The highest BCUT2D eigenvalue weighted by molar-refractivity contribution is 7.98. The van der Waals surface area contributed by atoms with E-state index < -0.39 is 10.0 Å². The third-order valence-corrected chi connectivity index (χ3v) is 5.12. The van der Waals surface area contributed by atoms with Crippen LogP contribution >= 0.6 is 11.8 Å². The van der Waals surface area contributed by atoms with Crippen molar-refractivity contribution in [2.45, 2.75) is 18.2 Å². The van der Waals surface area contributed by atoms with Crippen molar-refractivity contribution in [1.29, 1.82) is 0 Å². The van der Waals surface area contributed by atoms with Crippen molar-refractivity contribution < 1.29 is 8.42 Å². The van der Waals surface area contributed by atoms with Crippen LogP contribution in [0.5, 0.6) is 0 Å². The molecule has 1 aromatic rings. The maximum atomic E-state index is 12.5. The molecule has 0 unspecified atom stereocenters. The Morgan fingerprint density at radius 2 is 2.21 bits per heavy atom. The van der Waals surface area contributed by atoms with Crippen molar-refractivity contribution in [3.63, 3.8) is 0 Å². The van der Waals surface area contributed by atoms with E-state index in [1.807, 2.05) is 13.2 Å². The Morgan fingerprint density at radius 3 is 2.84 bits per heavy atom. The van der Waals surface area contributed by atoms with Gasteiger partial charge in [0.15, 0.2) is 0 Å². The number of hydrogen-bond acceptors (Lipinski definition) is 5. The maximum Gasteiger partial charge on any atom is 0.246 e. The van der Waals surface area contributed by atoms with Crippen molar-refractivity contribution in [3.05, 3.63) is 18.5 Å². The average Bonchev–Trinajstić information content (AvgIpc) is 2.42. The Bertz CT molecular complexity index is 492. The van der Waals surface area contributed by atoms with Gasteiger partial charge in [0.25, 0.3) is 0 Å². The molecule has 7 heteroatoms. The minimum absolute atomic E-state index is 0.243. The van der Waals surface area contributed by atoms with Crippen molar-refractivity contribution in [1.82, 2.24) is 9.29 Å². The van der Waals surface area contributed by atoms with Crippen LogP contribution in [0.3, 0.4) is 0 Å². The number of rotatable bonds is 8. The molecule has 1 N–H and O–H groups in total. The Morgan fingerprint density at radius 1 is 1.47 bits per heavy atom. The van der Waals surface area contributed by atoms with Gasteiger partial charge in [0, 0.05) is 38.3 Å². The van der Waals surface area contributed by atoms with Crippen molar-refractivity contribution in [2.75, 3.05) is 37.5 Å². The quantitative estimate of drug-likeness (QED) is 0.794. The highest BCUT2D eigenvalue weighted by Crippen LogP contribution is 2.22. The van der Waals surface area contributed by atoms with Gasteiger partial charge in [0.2, 0.25) is 10.0 Å². The lowest BCUT2D eigenvalue weighted by Crippen LogP contribution is -2.29. The van der Waals surface area contributed by atoms with Crippen LogP contribution in [0.15, 0.2) is 23.4 Å². The molecule has 1 aromatic heterocycles. The van der Waals surface area contributed by atoms with Crippen molar-refractivity contribution in [3.8, 4) is 0 Å². The summed E-state index contributed by atoms with van der Waals surface area (Å²) >= 11 is 1.62. The smallest absolute Gasteiger partial charge is 0.246 e. The lowest BCUT2D eigenvalue weighted by molar-refractivity contribution is 0.488. The number of thioether (sulfide) groups is 1. The summed E-state index contributed by atoms with van der Waals surface area (Å²) in [7, 11) is -1.88. The first-order valence-corrected chi connectivity index (χ1v) is 9.00. The van der Waals surface area contributed by atoms with Gasteiger partial charge in [0.05, 0.1) is 5.69 Å². The predicted octanol–water partition coefficient (Wildman–Crippen LogP) is 1.89. The predicted molar refractivity (Wildman–Crippen MR) is 81.2 cm³/mol. The maximum absolute atomic E-state index is 12.5. The molecule has 19 heavy (non-hydrogen) atoms. The van der Waals surface area contributed by atoms with Crippen LogP contribution in [0.1, 0.15) is 13.3 Å². The number of pyridine rings is 1. The van der Waals surface area contributed by atoms with Crippen molar-refractivity contribution in [2.24, 2.45) is 0 Å². The Kier molecular flexibility index (Phi) is 6.60. The third kappa shape index (κ3) is 4.36. The minimum atomic E-state index is -3.48. The summed E-state index contributed by atoms with van der Waals surface area (Å²) in [5, 5.41) is 3.13. The molecule has 0 aliphatic rings. The first kappa shape index (κ1) is 16.3. The van der Waals surface area contributed by atoms with Gasteiger partial charge in [-0.05, 0) is 18.7 Å². The molecule has 5 nitrogen and oxygen atoms in total. The molecule has 0 fully saturated rings. The van der Waals surface area contributed by atoms with E-state index in [2.05, 4.69) is 10.3 Å². The minimum Gasteiger partial charge on any atom is -0.384 e. The molecule has 0 atom stereocenters. The normalized spacial score (nSPS) is 11.8. The number of nitrogens with one attached hydrogen (secondary N) is 1. The molecular formula is C12H21N3O2S2. The van der Waals surface area contributed by atoms with Gasteiger partial charge in [0.1, 0.15) is 4.90 Å². The lowest BCUT2D eigenvalue weighted by atomic mass is 10.4. The van der Waals surface area contributed by atoms with Crippen LogP contribution in [-0.4, -0.2) is 49.9 Å². The zero-order valence-corrected chi connectivity index (χ0v) is 13.2. The summed E-state index contributed by atoms with van der Waals surface area (Å²) in [5.74, 6) is 0.772. The third-order valence-electron chi connectivity index (χ3n) is 2.65. The fraction of sp³-hybridized carbons (Fsp3) is 0.583. The summed E-state index contributed by atoms with van der Waals surface area (Å²) in [6.45, 7) is 3.26. The standard InChI is InChI=1S/C12H21N3O2S2/c1-4-6-14-11-5-7-13-10-12(11)19(16,17)15(2)8-9-18-3/h5,7,10H,4,6,8-9H2,1-3H3,(H,13,14). The van der Waals surface area contributed by atoms with Gasteiger partial charge in [-0.3, -0.25) is 4.98 Å². The summed E-state index contributed by atoms with van der Waals surface area (Å²) in [4.78, 5) is 4.17. The molecular weight excluding hydrogens is 282 g/mol. The fourth-order valence-electron chi connectivity index (χ4n) is 1.50. The molecule has 108 valence electrons. The monoisotopic (exact) mass is 303 g/mol. The van der Waals surface area contributed by atoms with Crippen LogP contribution in [0.2, 0.25) is 0 Å². The summed E-state index contributed by atoms with van der Waals surface area (Å²) in [5.41, 5.74) is 0.618. The molecule has 1 heterocycles. The molecule has 0 aliphatic heterocycles. The van der Waals surface area contributed by atoms with E-state index in [9.17, 15) is 8.42 Å². The van der Waals surface area contributed by atoms with Gasteiger partial charge in [-0.1, -0.05) is 6.92 Å². The number of sulfonamides is 1. The van der Waals surface area contributed by atoms with E-state index in [4.69, 9.17) is 0 Å². The first-order chi connectivity index (χ1) is 9.04. The summed E-state index contributed by atoms with van der Waals surface area (Å²) < 4.78 is 26.3. The molecule has 0 aliphatic carbocycles. The van der Waals surface area contributed by atoms with Gasteiger partial charge >= 0.3 is 0 Å². The molecule has 0 saturated carbocycles. The second kappa shape index (κ2) is 7.72. The number of anilines is 1. The first-order valence-electron chi connectivity index (χ1n) is 6.17. The van der Waals surface area contributed by atoms with E-state index >= 15 is 0 Å². The zero-order chi connectivity index (χ0) is 14.3. The van der Waals surface area contributed by atoms with E-state index in [0.29, 0.717) is 12.2 Å². The van der Waals surface area contributed by atoms with Gasteiger partial charge in [-0.25, -0.2) is 8.42 Å². The van der Waals surface area contributed by atoms with Gasteiger partial charge in [-0.2, -0.15) is 16.1 Å². The molecule has 0 amide bonds. The molecule has 0 spiro atoms. The topological polar surface area (TPSA) is 62.3 Å². The Labute approximate surface area is 119 Å². The van der Waals surface area contributed by atoms with E-state index in [0.717, 1.165) is 18.7 Å². The average molecular weight is 303 g/mol. The highest BCUT2D eigenvalue weighted by atomic mass is 32.2.